The van der Waals surface area contributed by atoms with E-state index in [0.29, 0.717) is 22.3 Å². The Labute approximate surface area is 185 Å². The van der Waals surface area contributed by atoms with Crippen LogP contribution in [0.15, 0.2) is 47.6 Å². The number of hydrazone groups is 1. The minimum Gasteiger partial charge on any atom is -0.495 e. The first-order valence-electron chi connectivity index (χ1n) is 9.69. The summed E-state index contributed by atoms with van der Waals surface area (Å²) in [7, 11) is 1.62. The first kappa shape index (κ1) is 20.8. The van der Waals surface area contributed by atoms with Crippen LogP contribution in [0.5, 0.6) is 17.2 Å². The van der Waals surface area contributed by atoms with Crippen molar-refractivity contribution in [3.63, 3.8) is 0 Å². The lowest BCUT2D eigenvalue weighted by Gasteiger charge is -2.14. The molecule has 0 saturated carbocycles. The standard InChI is InChI=1S/C23H22ClN3O4/c1-14-8-17(15(2)27(14)19-11-18(24)5-7-20(19)29-3)12-25-26-23(28)10-16-4-6-21-22(9-16)31-13-30-21/h4-9,11-12H,10,13H2,1-3H3,(H,26,28)/b25-12-. The molecular formula is C23H22ClN3O4. The molecule has 1 amide bonds. The average Bonchev–Trinajstić information content (AvgIpc) is 3.31. The van der Waals surface area contributed by atoms with Crippen molar-refractivity contribution < 1.29 is 19.0 Å². The molecule has 2 aromatic carbocycles. The van der Waals surface area contributed by atoms with E-state index in [4.69, 9.17) is 25.8 Å². The van der Waals surface area contributed by atoms with Crippen LogP contribution in [0, 0.1) is 13.8 Å². The van der Waals surface area contributed by atoms with Crippen LogP contribution in [0.4, 0.5) is 0 Å². The van der Waals surface area contributed by atoms with Gasteiger partial charge in [0.1, 0.15) is 5.75 Å². The van der Waals surface area contributed by atoms with Crippen LogP contribution in [-0.2, 0) is 11.2 Å². The molecular weight excluding hydrogens is 418 g/mol. The zero-order valence-electron chi connectivity index (χ0n) is 17.4. The van der Waals surface area contributed by atoms with Gasteiger partial charge in [-0.3, -0.25) is 4.79 Å². The van der Waals surface area contributed by atoms with Gasteiger partial charge in [0.05, 0.1) is 25.4 Å². The lowest BCUT2D eigenvalue weighted by molar-refractivity contribution is -0.120. The maximum atomic E-state index is 12.3. The van der Waals surface area contributed by atoms with Gasteiger partial charge in [-0.05, 0) is 55.8 Å². The maximum absolute atomic E-state index is 12.3. The van der Waals surface area contributed by atoms with Crippen LogP contribution in [0.1, 0.15) is 22.5 Å². The topological polar surface area (TPSA) is 74.1 Å². The molecule has 0 atom stereocenters. The maximum Gasteiger partial charge on any atom is 0.244 e. The zero-order chi connectivity index (χ0) is 22.0. The molecule has 4 rings (SSSR count). The summed E-state index contributed by atoms with van der Waals surface area (Å²) in [5.74, 6) is 1.83. The smallest absolute Gasteiger partial charge is 0.244 e. The number of nitrogens with zero attached hydrogens (tertiary/aromatic N) is 2. The zero-order valence-corrected chi connectivity index (χ0v) is 18.2. The second kappa shape index (κ2) is 8.73. The van der Waals surface area contributed by atoms with Crippen molar-refractivity contribution in [2.24, 2.45) is 5.10 Å². The molecule has 3 aromatic rings. The van der Waals surface area contributed by atoms with Crippen molar-refractivity contribution in [1.82, 2.24) is 9.99 Å². The van der Waals surface area contributed by atoms with Gasteiger partial charge in [0, 0.05) is 22.0 Å². The molecule has 1 N–H and O–H groups in total. The molecule has 0 aliphatic carbocycles. The molecule has 1 aromatic heterocycles. The summed E-state index contributed by atoms with van der Waals surface area (Å²) in [6.45, 7) is 4.17. The number of rotatable bonds is 6. The van der Waals surface area contributed by atoms with Gasteiger partial charge in [0.25, 0.3) is 0 Å². The lowest BCUT2D eigenvalue weighted by Crippen LogP contribution is -2.19. The molecule has 7 nitrogen and oxygen atoms in total. The third-order valence-electron chi connectivity index (χ3n) is 5.05. The number of nitrogens with one attached hydrogen (secondary N) is 1. The van der Waals surface area contributed by atoms with Crippen LogP contribution in [0.25, 0.3) is 5.69 Å². The minimum absolute atomic E-state index is 0.187. The van der Waals surface area contributed by atoms with E-state index >= 15 is 0 Å². The van der Waals surface area contributed by atoms with E-state index in [1.165, 1.54) is 0 Å². The van der Waals surface area contributed by atoms with Crippen LogP contribution >= 0.6 is 11.6 Å². The minimum atomic E-state index is -0.222. The predicted octanol–water partition coefficient (Wildman–Crippen LogP) is 4.18. The first-order chi connectivity index (χ1) is 15.0. The Morgan fingerprint density at radius 2 is 2.00 bits per heavy atom. The first-order valence-corrected chi connectivity index (χ1v) is 10.1. The normalized spacial score (nSPS) is 12.4. The van der Waals surface area contributed by atoms with Crippen molar-refractivity contribution in [3.05, 3.63) is 70.0 Å². The predicted molar refractivity (Wildman–Crippen MR) is 119 cm³/mol. The summed E-state index contributed by atoms with van der Waals surface area (Å²) in [6, 6.07) is 12.9. The van der Waals surface area contributed by atoms with Gasteiger partial charge in [-0.15, -0.1) is 0 Å². The molecule has 2 heterocycles. The van der Waals surface area contributed by atoms with Crippen molar-refractivity contribution in [1.29, 1.82) is 0 Å². The average molecular weight is 440 g/mol. The third kappa shape index (κ3) is 4.36. The molecule has 160 valence electrons. The number of ether oxygens (including phenoxy) is 3. The van der Waals surface area contributed by atoms with Gasteiger partial charge in [-0.2, -0.15) is 5.10 Å². The molecule has 0 radical (unpaired) electrons. The van der Waals surface area contributed by atoms with Crippen LogP contribution < -0.4 is 19.6 Å². The van der Waals surface area contributed by atoms with E-state index in [9.17, 15) is 4.79 Å². The molecule has 0 saturated heterocycles. The van der Waals surface area contributed by atoms with Gasteiger partial charge in [-0.25, -0.2) is 5.43 Å². The highest BCUT2D eigenvalue weighted by molar-refractivity contribution is 6.30. The summed E-state index contributed by atoms with van der Waals surface area (Å²) < 4.78 is 18.2. The van der Waals surface area contributed by atoms with E-state index in [0.717, 1.165) is 28.2 Å². The molecule has 0 unspecified atom stereocenters. The van der Waals surface area contributed by atoms with Crippen molar-refractivity contribution in [2.45, 2.75) is 20.3 Å². The molecule has 1 aliphatic heterocycles. The lowest BCUT2D eigenvalue weighted by atomic mass is 10.1. The van der Waals surface area contributed by atoms with Crippen molar-refractivity contribution in [3.8, 4) is 22.9 Å². The third-order valence-corrected chi connectivity index (χ3v) is 5.28. The van der Waals surface area contributed by atoms with Crippen molar-refractivity contribution in [2.75, 3.05) is 13.9 Å². The number of halogens is 1. The van der Waals surface area contributed by atoms with Crippen molar-refractivity contribution >= 4 is 23.7 Å². The Morgan fingerprint density at radius 3 is 2.81 bits per heavy atom. The van der Waals surface area contributed by atoms with Gasteiger partial charge in [0.2, 0.25) is 12.7 Å². The summed E-state index contributed by atoms with van der Waals surface area (Å²) >= 11 is 6.19. The SMILES string of the molecule is COc1ccc(Cl)cc1-n1c(C)cc(/C=N\NC(=O)Cc2ccc3c(c2)OCO3)c1C. The number of fused-ring (bicyclic) bond motifs is 1. The van der Waals surface area contributed by atoms with E-state index in [1.54, 1.807) is 31.5 Å². The monoisotopic (exact) mass is 439 g/mol. The number of amides is 1. The number of aryl methyl sites for hydroxylation is 1. The summed E-state index contributed by atoms with van der Waals surface area (Å²) in [5.41, 5.74) is 7.06. The Hall–Kier alpha value is -3.45. The number of benzene rings is 2. The second-order valence-electron chi connectivity index (χ2n) is 7.14. The molecule has 0 bridgehead atoms. The van der Waals surface area contributed by atoms with Gasteiger partial charge in [0.15, 0.2) is 11.5 Å². The summed E-state index contributed by atoms with van der Waals surface area (Å²) in [6.07, 6.45) is 1.82. The van der Waals surface area contributed by atoms with Gasteiger partial charge >= 0.3 is 0 Å². The number of carbonyl (C=O) groups is 1. The van der Waals surface area contributed by atoms with E-state index < -0.39 is 0 Å². The molecule has 0 fully saturated rings. The van der Waals surface area contributed by atoms with Gasteiger partial charge < -0.3 is 18.8 Å². The Morgan fingerprint density at radius 1 is 1.19 bits per heavy atom. The Bertz CT molecular complexity index is 1170. The quantitative estimate of drug-likeness (QED) is 0.462. The Kier molecular flexibility index (Phi) is 5.86. The number of hydrogen-bond donors (Lipinski definition) is 1. The molecule has 0 spiro atoms. The highest BCUT2D eigenvalue weighted by atomic mass is 35.5. The van der Waals surface area contributed by atoms with Crippen LogP contribution in [0.2, 0.25) is 5.02 Å². The van der Waals surface area contributed by atoms with E-state index in [2.05, 4.69) is 10.5 Å². The highest BCUT2D eigenvalue weighted by Crippen LogP contribution is 2.33. The molecule has 1 aliphatic rings. The number of methoxy groups -OCH3 is 1. The van der Waals surface area contributed by atoms with Crippen LogP contribution in [-0.4, -0.2) is 30.6 Å². The number of hydrogen-bond acceptors (Lipinski definition) is 5. The van der Waals surface area contributed by atoms with Crippen LogP contribution in [0.3, 0.4) is 0 Å². The fourth-order valence-electron chi connectivity index (χ4n) is 3.58. The largest absolute Gasteiger partial charge is 0.495 e. The van der Waals surface area contributed by atoms with Gasteiger partial charge in [-0.1, -0.05) is 17.7 Å². The highest BCUT2D eigenvalue weighted by Gasteiger charge is 2.15. The number of carbonyl (C=O) groups excluding carboxylic acids is 1. The number of aromatic nitrogens is 1. The van der Waals surface area contributed by atoms with E-state index in [1.807, 2.05) is 42.7 Å². The fourth-order valence-corrected chi connectivity index (χ4v) is 3.74. The molecule has 8 heteroatoms. The second-order valence-corrected chi connectivity index (χ2v) is 7.57. The summed E-state index contributed by atoms with van der Waals surface area (Å²) in [5, 5.41) is 4.75. The van der Waals surface area contributed by atoms with E-state index in [-0.39, 0.29) is 19.1 Å². The Balaban J connectivity index is 1.47. The fraction of sp³-hybridized carbons (Fsp3) is 0.217. The summed E-state index contributed by atoms with van der Waals surface area (Å²) in [4.78, 5) is 12.3. The molecule has 31 heavy (non-hydrogen) atoms.